The Hall–Kier alpha value is -2.99. The van der Waals surface area contributed by atoms with E-state index in [0.29, 0.717) is 13.1 Å². The van der Waals surface area contributed by atoms with Gasteiger partial charge in [-0.1, -0.05) is 63.9 Å². The number of para-hydroxylation sites is 2. The molecule has 2 saturated heterocycles. The summed E-state index contributed by atoms with van der Waals surface area (Å²) in [6.45, 7) is 11.1. The number of halogens is 2. The van der Waals surface area contributed by atoms with E-state index in [9.17, 15) is 10.2 Å². The predicted molar refractivity (Wildman–Crippen MR) is 211 cm³/mol. The maximum atomic E-state index is 10.7. The number of hydrogen-bond acceptors (Lipinski definition) is 6. The standard InChI is InChI=1S/C20H24BrN3O.C20H24ClN3O/c2*1-22-8-10-23(11-9-22)13-16(25)14-24-19-5-3-2-4-17(19)18-12-15(21)6-7-20(18)24/h2*2-7,12,16,25H,8-11,13-14H2,1H3. The van der Waals surface area contributed by atoms with E-state index >= 15 is 0 Å². The molecule has 2 atom stereocenters. The minimum Gasteiger partial charge on any atom is -0.390 e. The van der Waals surface area contributed by atoms with Crippen LogP contribution in [0.5, 0.6) is 0 Å². The lowest BCUT2D eigenvalue weighted by atomic mass is 10.2. The zero-order valence-electron chi connectivity index (χ0n) is 29.1. The number of aromatic nitrogens is 2. The average molecular weight is 760 g/mol. The highest BCUT2D eigenvalue weighted by atomic mass is 79.9. The number of hydrogen-bond donors (Lipinski definition) is 2. The first-order chi connectivity index (χ1) is 24.2. The van der Waals surface area contributed by atoms with E-state index in [0.717, 1.165) is 91.4 Å². The highest BCUT2D eigenvalue weighted by molar-refractivity contribution is 9.10. The molecule has 50 heavy (non-hydrogen) atoms. The molecule has 0 saturated carbocycles. The van der Waals surface area contributed by atoms with Crippen molar-refractivity contribution in [2.45, 2.75) is 25.3 Å². The first kappa shape index (κ1) is 35.4. The van der Waals surface area contributed by atoms with E-state index < -0.39 is 6.10 Å². The highest BCUT2D eigenvalue weighted by Crippen LogP contribution is 2.32. The molecule has 2 N–H and O–H groups in total. The second kappa shape index (κ2) is 15.7. The second-order valence-corrected chi connectivity index (χ2v) is 15.4. The third-order valence-electron chi connectivity index (χ3n) is 10.4. The Bertz CT molecular complexity index is 1920. The van der Waals surface area contributed by atoms with E-state index in [-0.39, 0.29) is 6.10 Å². The Morgan fingerprint density at radius 3 is 1.46 bits per heavy atom. The smallest absolute Gasteiger partial charge is 0.0845 e. The lowest BCUT2D eigenvalue weighted by Crippen LogP contribution is -2.47. The van der Waals surface area contributed by atoms with Crippen molar-refractivity contribution in [3.8, 4) is 0 Å². The largest absolute Gasteiger partial charge is 0.390 e. The number of aliphatic hydroxyl groups is 2. The molecule has 264 valence electrons. The number of β-amino-alcohol motifs (C(OH)–C–C–N with tert-alkyl or cyclic N) is 2. The molecule has 6 aromatic rings. The fourth-order valence-corrected chi connectivity index (χ4v) is 8.17. The van der Waals surface area contributed by atoms with E-state index in [1.54, 1.807) is 0 Å². The molecule has 2 aliphatic rings. The second-order valence-electron chi connectivity index (χ2n) is 14.1. The molecule has 0 spiro atoms. The number of benzene rings is 4. The maximum absolute atomic E-state index is 10.7. The van der Waals surface area contributed by atoms with Gasteiger partial charge < -0.3 is 29.1 Å². The van der Waals surface area contributed by atoms with Crippen LogP contribution < -0.4 is 0 Å². The zero-order valence-corrected chi connectivity index (χ0v) is 31.4. The van der Waals surface area contributed by atoms with Crippen molar-refractivity contribution in [2.24, 2.45) is 0 Å². The molecule has 0 aliphatic carbocycles. The lowest BCUT2D eigenvalue weighted by molar-refractivity contribution is 0.0722. The van der Waals surface area contributed by atoms with Gasteiger partial charge in [-0.25, -0.2) is 0 Å². The molecule has 10 heteroatoms. The summed E-state index contributed by atoms with van der Waals surface area (Å²) in [6, 6.07) is 29.2. The Balaban J connectivity index is 0.000000157. The quantitative estimate of drug-likeness (QED) is 0.192. The number of aliphatic hydroxyl groups excluding tert-OH is 2. The summed E-state index contributed by atoms with van der Waals surface area (Å²) in [4.78, 5) is 9.40. The first-order valence-corrected chi connectivity index (χ1v) is 18.9. The van der Waals surface area contributed by atoms with Crippen molar-refractivity contribution in [3.63, 3.8) is 0 Å². The first-order valence-electron chi connectivity index (χ1n) is 17.7. The lowest BCUT2D eigenvalue weighted by Gasteiger charge is -2.33. The Labute approximate surface area is 308 Å². The molecule has 0 bridgehead atoms. The van der Waals surface area contributed by atoms with Crippen molar-refractivity contribution >= 4 is 71.1 Å². The van der Waals surface area contributed by atoms with Crippen LogP contribution in [0.15, 0.2) is 89.4 Å². The molecule has 4 heterocycles. The van der Waals surface area contributed by atoms with E-state index in [1.807, 2.05) is 24.3 Å². The van der Waals surface area contributed by atoms with Crippen LogP contribution in [0, 0.1) is 0 Å². The normalized spacial score (nSPS) is 18.2. The molecular weight excluding hydrogens is 712 g/mol. The zero-order chi connectivity index (χ0) is 34.8. The molecule has 0 amide bonds. The van der Waals surface area contributed by atoms with Crippen molar-refractivity contribution in [1.82, 2.24) is 28.7 Å². The van der Waals surface area contributed by atoms with Gasteiger partial charge in [0.25, 0.3) is 0 Å². The summed E-state index contributed by atoms with van der Waals surface area (Å²) >= 11 is 9.78. The molecule has 8 nitrogen and oxygen atoms in total. The van der Waals surface area contributed by atoms with Gasteiger partial charge in [-0.2, -0.15) is 0 Å². The van der Waals surface area contributed by atoms with Gasteiger partial charge >= 0.3 is 0 Å². The average Bonchev–Trinajstić information content (AvgIpc) is 3.58. The van der Waals surface area contributed by atoms with Gasteiger partial charge in [-0.05, 0) is 62.6 Å². The summed E-state index contributed by atoms with van der Waals surface area (Å²) in [5.74, 6) is 0. The van der Waals surface area contributed by atoms with E-state index in [1.165, 1.54) is 27.2 Å². The van der Waals surface area contributed by atoms with Gasteiger partial charge in [0.2, 0.25) is 0 Å². The van der Waals surface area contributed by atoms with E-state index in [4.69, 9.17) is 11.6 Å². The summed E-state index contributed by atoms with van der Waals surface area (Å²) in [5, 5.41) is 27.0. The summed E-state index contributed by atoms with van der Waals surface area (Å²) in [7, 11) is 4.31. The number of piperazine rings is 2. The van der Waals surface area contributed by atoms with Crippen LogP contribution in [0.1, 0.15) is 0 Å². The number of fused-ring (bicyclic) bond motifs is 6. The molecule has 0 radical (unpaired) electrons. The highest BCUT2D eigenvalue weighted by Gasteiger charge is 2.21. The van der Waals surface area contributed by atoms with Crippen LogP contribution >= 0.6 is 27.5 Å². The third kappa shape index (κ3) is 7.91. The predicted octanol–water partition coefficient (Wildman–Crippen LogP) is 6.22. The molecule has 2 unspecified atom stereocenters. The van der Waals surface area contributed by atoms with Crippen LogP contribution in [0.4, 0.5) is 0 Å². The number of nitrogens with zero attached hydrogens (tertiary/aromatic N) is 6. The SMILES string of the molecule is CN1CCN(CC(O)Cn2c3ccccc3c3cc(Br)ccc32)CC1.CN1CCN(CC(O)Cn2c3ccccc3c3cc(Cl)ccc32)CC1. The van der Waals surface area contributed by atoms with Gasteiger partial charge in [0.15, 0.2) is 0 Å². The van der Waals surface area contributed by atoms with Crippen molar-refractivity contribution in [3.05, 3.63) is 94.4 Å². The Morgan fingerprint density at radius 1 is 0.540 bits per heavy atom. The van der Waals surface area contributed by atoms with Crippen LogP contribution in [0.3, 0.4) is 0 Å². The number of likely N-dealkylation sites (N-methyl/N-ethyl adjacent to an activating group) is 2. The van der Waals surface area contributed by atoms with Crippen LogP contribution in [0.2, 0.25) is 5.02 Å². The molecule has 2 aliphatic heterocycles. The van der Waals surface area contributed by atoms with Crippen LogP contribution in [-0.2, 0) is 13.1 Å². The molecule has 4 aromatic carbocycles. The van der Waals surface area contributed by atoms with Crippen LogP contribution in [-0.4, -0.2) is 131 Å². The summed E-state index contributed by atoms with van der Waals surface area (Å²) in [5.41, 5.74) is 4.65. The van der Waals surface area contributed by atoms with Crippen LogP contribution in [0.25, 0.3) is 43.6 Å². The Morgan fingerprint density at radius 2 is 0.960 bits per heavy atom. The maximum Gasteiger partial charge on any atom is 0.0845 e. The fourth-order valence-electron chi connectivity index (χ4n) is 7.64. The van der Waals surface area contributed by atoms with Gasteiger partial charge in [0.1, 0.15) is 0 Å². The monoisotopic (exact) mass is 758 g/mol. The third-order valence-corrected chi connectivity index (χ3v) is 11.1. The Kier molecular flexibility index (Phi) is 11.1. The van der Waals surface area contributed by atoms with Crippen molar-refractivity contribution < 1.29 is 10.2 Å². The number of rotatable bonds is 8. The van der Waals surface area contributed by atoms with Gasteiger partial charge in [-0.3, -0.25) is 9.80 Å². The van der Waals surface area contributed by atoms with Gasteiger partial charge in [0.05, 0.1) is 25.3 Å². The summed E-state index contributed by atoms with van der Waals surface area (Å²) in [6.07, 6.45) is -0.760. The molecule has 2 fully saturated rings. The topological polar surface area (TPSA) is 63.3 Å². The van der Waals surface area contributed by atoms with Crippen molar-refractivity contribution in [1.29, 1.82) is 0 Å². The van der Waals surface area contributed by atoms with E-state index in [2.05, 4.69) is 119 Å². The molecule has 8 rings (SSSR count). The minimum absolute atomic E-state index is 0.369. The van der Waals surface area contributed by atoms with Gasteiger partial charge in [0, 0.05) is 119 Å². The fraction of sp³-hybridized carbons (Fsp3) is 0.400. The van der Waals surface area contributed by atoms with Crippen molar-refractivity contribution in [2.75, 3.05) is 79.5 Å². The molecule has 2 aromatic heterocycles. The summed E-state index contributed by atoms with van der Waals surface area (Å²) < 4.78 is 5.57. The molecular formula is C40H48BrClN6O2. The minimum atomic E-state index is -0.391. The van der Waals surface area contributed by atoms with Gasteiger partial charge in [-0.15, -0.1) is 0 Å².